The molecule has 39 heavy (non-hydrogen) atoms. The van der Waals surface area contributed by atoms with E-state index >= 15 is 0 Å². The van der Waals surface area contributed by atoms with Crippen LogP contribution in [0, 0.1) is 33.0 Å². The van der Waals surface area contributed by atoms with Crippen molar-refractivity contribution in [2.75, 3.05) is 20.3 Å². The average Bonchev–Trinajstić information content (AvgIpc) is 2.91. The smallest absolute Gasteiger partial charge is 0.249 e. The number of carbonyl (C=O) groups is 1. The van der Waals surface area contributed by atoms with Gasteiger partial charge in [-0.1, -0.05) is 52.3 Å². The fourth-order valence-electron chi connectivity index (χ4n) is 10.0. The van der Waals surface area contributed by atoms with Crippen LogP contribution in [0.3, 0.4) is 0 Å². The Balaban J connectivity index is 1.49. The van der Waals surface area contributed by atoms with Gasteiger partial charge in [-0.05, 0) is 91.3 Å². The van der Waals surface area contributed by atoms with Crippen molar-refractivity contribution in [2.24, 2.45) is 38.0 Å². The highest BCUT2D eigenvalue weighted by atomic mass is 16.6. The number of hydrogen-bond acceptors (Lipinski definition) is 6. The molecule has 0 saturated heterocycles. The van der Waals surface area contributed by atoms with Crippen LogP contribution in [0.15, 0.2) is 39.9 Å². The molecule has 1 amide bonds. The van der Waals surface area contributed by atoms with Crippen LogP contribution in [0.25, 0.3) is 0 Å². The second-order valence-electron chi connectivity index (χ2n) is 14.7. The van der Waals surface area contributed by atoms with E-state index < -0.39 is 16.8 Å². The Kier molecular flexibility index (Phi) is 5.72. The summed E-state index contributed by atoms with van der Waals surface area (Å²) < 4.78 is 12.1. The molecule has 1 unspecified atom stereocenters. The zero-order chi connectivity index (χ0) is 28.3. The molecule has 0 aromatic rings. The minimum Gasteiger partial charge on any atom is -0.368 e. The second-order valence-corrected chi connectivity index (χ2v) is 14.7. The Labute approximate surface area is 232 Å². The van der Waals surface area contributed by atoms with E-state index in [4.69, 9.17) is 14.5 Å². The first-order valence-corrected chi connectivity index (χ1v) is 14.7. The van der Waals surface area contributed by atoms with Gasteiger partial charge >= 0.3 is 0 Å². The van der Waals surface area contributed by atoms with Crippen molar-refractivity contribution >= 4 is 11.6 Å². The number of aliphatic imine (C=N–C) groups is 1. The molecule has 1 heterocycles. The maximum absolute atomic E-state index is 12.8. The zero-order valence-electron chi connectivity index (χ0n) is 24.7. The van der Waals surface area contributed by atoms with E-state index in [0.29, 0.717) is 24.8 Å². The molecule has 0 bridgehead atoms. The SMILES string of the molecule is CO[C@@]1(C)C2=CC=C3[C@@](C)(CC[C@@]4(C)[C@@H]5C[C@](C)(C(=O)NO)CC[C@]5(C)CC[C@]34C)C2=CC2(O)OCCN=C21. The predicted octanol–water partition coefficient (Wildman–Crippen LogP) is 5.28. The van der Waals surface area contributed by atoms with E-state index in [-0.39, 0.29) is 27.6 Å². The highest BCUT2D eigenvalue weighted by Gasteiger charge is 2.68. The second kappa shape index (κ2) is 8.15. The summed E-state index contributed by atoms with van der Waals surface area (Å²) in [7, 11) is 1.69. The molecule has 7 nitrogen and oxygen atoms in total. The lowest BCUT2D eigenvalue weighted by atomic mass is 9.34. The highest BCUT2D eigenvalue weighted by molar-refractivity contribution is 6.05. The van der Waals surface area contributed by atoms with E-state index in [1.54, 1.807) is 7.11 Å². The number of methoxy groups -OCH3 is 1. The van der Waals surface area contributed by atoms with Crippen molar-refractivity contribution in [2.45, 2.75) is 97.9 Å². The number of nitrogens with zero attached hydrogens (tertiary/aromatic N) is 1. The van der Waals surface area contributed by atoms with Crippen molar-refractivity contribution in [3.8, 4) is 0 Å². The normalized spacial score (nSPS) is 50.4. The third kappa shape index (κ3) is 3.25. The first-order valence-electron chi connectivity index (χ1n) is 14.7. The lowest BCUT2D eigenvalue weighted by molar-refractivity contribution is -0.173. The van der Waals surface area contributed by atoms with Gasteiger partial charge in [-0.25, -0.2) is 5.48 Å². The summed E-state index contributed by atoms with van der Waals surface area (Å²) >= 11 is 0. The summed E-state index contributed by atoms with van der Waals surface area (Å²) in [5.74, 6) is -1.48. The quantitative estimate of drug-likeness (QED) is 0.328. The Hall–Kier alpha value is -1.80. The van der Waals surface area contributed by atoms with E-state index in [1.807, 2.05) is 25.4 Å². The molecule has 8 atom stereocenters. The number of carbonyl (C=O) groups excluding carboxylic acids is 1. The fourth-order valence-corrected chi connectivity index (χ4v) is 10.0. The van der Waals surface area contributed by atoms with Gasteiger partial charge < -0.3 is 14.6 Å². The molecule has 0 radical (unpaired) electrons. The van der Waals surface area contributed by atoms with Gasteiger partial charge in [0.1, 0.15) is 11.3 Å². The summed E-state index contributed by atoms with van der Waals surface area (Å²) in [5.41, 5.74) is 4.41. The third-order valence-electron chi connectivity index (χ3n) is 13.0. The summed E-state index contributed by atoms with van der Waals surface area (Å²) in [6.45, 7) is 14.6. The molecule has 6 rings (SSSR count). The van der Waals surface area contributed by atoms with Crippen molar-refractivity contribution in [3.05, 3.63) is 34.9 Å². The standard InChI is InChI=1S/C32H46N2O5/c1-26-10-11-27(2,25(35)34-37)19-23(26)30(5)15-13-28(3)21-18-32(36)24(33-16-17-39-32)31(6,38-7)20(21)8-9-22(28)29(30,4)14-12-26/h8-9,18,23,36-37H,10-17,19H2,1-7H3,(H,34,35)/t23-,26-,27-,28+,29-,30+,31+,32?/m1/s1. The van der Waals surface area contributed by atoms with Crippen LogP contribution >= 0.6 is 0 Å². The van der Waals surface area contributed by atoms with Crippen molar-refractivity contribution in [1.82, 2.24) is 5.48 Å². The number of rotatable bonds is 2. The van der Waals surface area contributed by atoms with E-state index in [2.05, 4.69) is 39.8 Å². The monoisotopic (exact) mass is 538 g/mol. The number of nitrogens with one attached hydrogen (secondary N) is 1. The van der Waals surface area contributed by atoms with Crippen molar-refractivity contribution < 1.29 is 24.6 Å². The van der Waals surface area contributed by atoms with Gasteiger partial charge in [0.05, 0.1) is 13.2 Å². The van der Waals surface area contributed by atoms with Gasteiger partial charge in [0, 0.05) is 17.9 Å². The molecule has 0 aromatic heterocycles. The molecule has 6 aliphatic rings. The number of hydrogen-bond donors (Lipinski definition) is 3. The highest BCUT2D eigenvalue weighted by Crippen LogP contribution is 2.75. The minimum absolute atomic E-state index is 0.0151. The van der Waals surface area contributed by atoms with Crippen LogP contribution in [0.5, 0.6) is 0 Å². The van der Waals surface area contributed by atoms with Crippen LogP contribution in [0.1, 0.15) is 86.5 Å². The van der Waals surface area contributed by atoms with Crippen LogP contribution in [-0.4, -0.2) is 53.6 Å². The Morgan fingerprint density at radius 1 is 1.03 bits per heavy atom. The number of hydroxylamine groups is 1. The molecule has 1 aliphatic heterocycles. The molecule has 0 spiro atoms. The van der Waals surface area contributed by atoms with Crippen LogP contribution < -0.4 is 5.48 Å². The summed E-state index contributed by atoms with van der Waals surface area (Å²) in [4.78, 5) is 17.5. The van der Waals surface area contributed by atoms with Crippen molar-refractivity contribution in [3.63, 3.8) is 0 Å². The summed E-state index contributed by atoms with van der Waals surface area (Å²) in [6, 6.07) is 0. The van der Waals surface area contributed by atoms with Gasteiger partial charge in [0.2, 0.25) is 11.7 Å². The molecule has 3 N–H and O–H groups in total. The Bertz CT molecular complexity index is 1250. The topological polar surface area (TPSA) is 100 Å². The largest absolute Gasteiger partial charge is 0.368 e. The Morgan fingerprint density at radius 2 is 1.74 bits per heavy atom. The third-order valence-corrected chi connectivity index (χ3v) is 13.0. The van der Waals surface area contributed by atoms with Gasteiger partial charge in [0.15, 0.2) is 0 Å². The minimum atomic E-state index is -1.57. The van der Waals surface area contributed by atoms with E-state index in [0.717, 1.165) is 56.1 Å². The maximum Gasteiger partial charge on any atom is 0.249 e. The van der Waals surface area contributed by atoms with Gasteiger partial charge in [0.25, 0.3) is 0 Å². The molecule has 3 fully saturated rings. The average molecular weight is 539 g/mol. The fraction of sp³-hybridized carbons (Fsp3) is 0.750. The number of allylic oxidation sites excluding steroid dienone is 3. The molecule has 214 valence electrons. The van der Waals surface area contributed by atoms with E-state index in [1.165, 1.54) is 5.57 Å². The molecular formula is C32H46N2O5. The number of aliphatic hydroxyl groups is 1. The van der Waals surface area contributed by atoms with Gasteiger partial charge in [-0.15, -0.1) is 0 Å². The van der Waals surface area contributed by atoms with Gasteiger partial charge in [-0.3, -0.25) is 15.0 Å². The molecule has 7 heteroatoms. The Morgan fingerprint density at radius 3 is 2.44 bits per heavy atom. The number of ether oxygens (including phenoxy) is 2. The van der Waals surface area contributed by atoms with E-state index in [9.17, 15) is 15.1 Å². The van der Waals surface area contributed by atoms with Crippen LogP contribution in [0.2, 0.25) is 0 Å². The number of amides is 1. The first-order chi connectivity index (χ1) is 18.2. The molecular weight excluding hydrogens is 492 g/mol. The van der Waals surface area contributed by atoms with Crippen LogP contribution in [-0.2, 0) is 14.3 Å². The maximum atomic E-state index is 12.8. The predicted molar refractivity (Wildman–Crippen MR) is 149 cm³/mol. The van der Waals surface area contributed by atoms with Crippen LogP contribution in [0.4, 0.5) is 0 Å². The summed E-state index contributed by atoms with van der Waals surface area (Å²) in [5, 5.41) is 21.3. The first kappa shape index (κ1) is 27.4. The molecule has 0 aromatic carbocycles. The number of fused-ring (bicyclic) bond motifs is 8. The molecule has 3 saturated carbocycles. The zero-order valence-corrected chi connectivity index (χ0v) is 24.7. The molecule has 5 aliphatic carbocycles. The van der Waals surface area contributed by atoms with Gasteiger partial charge in [-0.2, -0.15) is 0 Å². The lowest BCUT2D eigenvalue weighted by Crippen LogP contribution is -2.64. The summed E-state index contributed by atoms with van der Waals surface area (Å²) in [6.07, 6.45) is 13.2. The lowest BCUT2D eigenvalue weighted by Gasteiger charge is -2.70. The van der Waals surface area contributed by atoms with Crippen molar-refractivity contribution in [1.29, 1.82) is 0 Å².